The minimum absolute atomic E-state index is 0.454. The molecule has 1 aliphatic heterocycles. The van der Waals surface area contributed by atoms with Crippen molar-refractivity contribution in [2.45, 2.75) is 59.7 Å². The zero-order chi connectivity index (χ0) is 21.3. The lowest BCUT2D eigenvalue weighted by atomic mass is 10.1. The molecule has 0 spiro atoms. The summed E-state index contributed by atoms with van der Waals surface area (Å²) >= 11 is 0. The second-order valence-electron chi connectivity index (χ2n) is 8.67. The van der Waals surface area contributed by atoms with E-state index in [0.29, 0.717) is 5.92 Å². The van der Waals surface area contributed by atoms with Gasteiger partial charge in [-0.25, -0.2) is 0 Å². The van der Waals surface area contributed by atoms with Crippen molar-refractivity contribution in [2.24, 2.45) is 10.9 Å². The Morgan fingerprint density at radius 3 is 2.40 bits per heavy atom. The predicted octanol–water partition coefficient (Wildman–Crippen LogP) is 3.49. The molecule has 6 nitrogen and oxygen atoms in total. The van der Waals surface area contributed by atoms with Gasteiger partial charge in [-0.1, -0.05) is 37.6 Å². The van der Waals surface area contributed by atoms with Crippen LogP contribution in [0.15, 0.2) is 35.3 Å². The standard InChI is InChI=1S/C24H38N6/c1-19(17-30-21(3)14-20(2)28-30)15-26-24(25-4)27-16-22-8-10-23(11-9-22)18-29-12-6-5-7-13-29/h8-11,14,19H,5-7,12-13,15-18H2,1-4H3,(H2,25,26,27). The van der Waals surface area contributed by atoms with Gasteiger partial charge in [0.1, 0.15) is 0 Å². The molecule has 0 radical (unpaired) electrons. The van der Waals surface area contributed by atoms with Gasteiger partial charge in [0, 0.05) is 38.9 Å². The Balaban J connectivity index is 1.40. The molecule has 2 aromatic rings. The van der Waals surface area contributed by atoms with E-state index in [0.717, 1.165) is 37.8 Å². The van der Waals surface area contributed by atoms with Gasteiger partial charge >= 0.3 is 0 Å². The number of likely N-dealkylation sites (tertiary alicyclic amines) is 1. The highest BCUT2D eigenvalue weighted by Crippen LogP contribution is 2.13. The van der Waals surface area contributed by atoms with E-state index in [1.165, 1.54) is 49.2 Å². The molecule has 1 saturated heterocycles. The molecule has 1 aromatic carbocycles. The van der Waals surface area contributed by atoms with Crippen molar-refractivity contribution < 1.29 is 0 Å². The maximum Gasteiger partial charge on any atom is 0.191 e. The molecular formula is C24H38N6. The van der Waals surface area contributed by atoms with E-state index in [2.05, 4.69) is 74.5 Å². The second kappa shape index (κ2) is 11.2. The number of piperidine rings is 1. The Kier molecular flexibility index (Phi) is 8.31. The minimum Gasteiger partial charge on any atom is -0.356 e. The molecule has 0 amide bonds. The molecular weight excluding hydrogens is 372 g/mol. The monoisotopic (exact) mass is 410 g/mol. The number of rotatable bonds is 8. The van der Waals surface area contributed by atoms with Crippen LogP contribution in [-0.4, -0.2) is 47.3 Å². The van der Waals surface area contributed by atoms with Crippen molar-refractivity contribution >= 4 is 5.96 Å². The van der Waals surface area contributed by atoms with Crippen LogP contribution in [0.1, 0.15) is 48.7 Å². The van der Waals surface area contributed by atoms with Crippen LogP contribution in [0.25, 0.3) is 0 Å². The molecule has 1 aliphatic rings. The zero-order valence-electron chi connectivity index (χ0n) is 19.1. The quantitative estimate of drug-likeness (QED) is 0.517. The number of hydrogen-bond donors (Lipinski definition) is 2. The van der Waals surface area contributed by atoms with Gasteiger partial charge in [0.25, 0.3) is 0 Å². The Morgan fingerprint density at radius 1 is 1.07 bits per heavy atom. The van der Waals surface area contributed by atoms with E-state index < -0.39 is 0 Å². The predicted molar refractivity (Wildman–Crippen MR) is 125 cm³/mol. The average Bonchev–Trinajstić information content (AvgIpc) is 3.06. The molecule has 1 fully saturated rings. The number of nitrogens with one attached hydrogen (secondary N) is 2. The molecule has 1 aromatic heterocycles. The minimum atomic E-state index is 0.454. The van der Waals surface area contributed by atoms with Gasteiger partial charge in [-0.15, -0.1) is 0 Å². The molecule has 0 aliphatic carbocycles. The van der Waals surface area contributed by atoms with E-state index in [9.17, 15) is 0 Å². The Labute approximate surface area is 181 Å². The summed E-state index contributed by atoms with van der Waals surface area (Å²) < 4.78 is 2.09. The molecule has 0 bridgehead atoms. The Bertz CT molecular complexity index is 802. The molecule has 2 N–H and O–H groups in total. The fraction of sp³-hybridized carbons (Fsp3) is 0.583. The van der Waals surface area contributed by atoms with Crippen LogP contribution in [0.5, 0.6) is 0 Å². The zero-order valence-corrected chi connectivity index (χ0v) is 19.1. The van der Waals surface area contributed by atoms with E-state index in [1.807, 2.05) is 14.0 Å². The van der Waals surface area contributed by atoms with Crippen LogP contribution in [0.2, 0.25) is 0 Å². The Morgan fingerprint density at radius 2 is 1.77 bits per heavy atom. The molecule has 3 rings (SSSR count). The van der Waals surface area contributed by atoms with Crippen LogP contribution in [0.4, 0.5) is 0 Å². The lowest BCUT2D eigenvalue weighted by Crippen LogP contribution is -2.39. The van der Waals surface area contributed by atoms with E-state index >= 15 is 0 Å². The SMILES string of the molecule is CN=C(NCc1ccc(CN2CCCCC2)cc1)NCC(C)Cn1nc(C)cc1C. The first-order valence-electron chi connectivity index (χ1n) is 11.3. The number of aliphatic imine (C=N–C) groups is 1. The van der Waals surface area contributed by atoms with E-state index in [-0.39, 0.29) is 0 Å². The van der Waals surface area contributed by atoms with Crippen LogP contribution < -0.4 is 10.6 Å². The van der Waals surface area contributed by atoms with Gasteiger partial charge in [0.15, 0.2) is 5.96 Å². The number of nitrogens with zero attached hydrogens (tertiary/aromatic N) is 4. The van der Waals surface area contributed by atoms with E-state index in [1.54, 1.807) is 0 Å². The molecule has 1 unspecified atom stereocenters. The first-order valence-corrected chi connectivity index (χ1v) is 11.3. The normalized spacial score (nSPS) is 16.5. The third kappa shape index (κ3) is 6.87. The summed E-state index contributed by atoms with van der Waals surface area (Å²) in [5, 5.41) is 11.4. The molecule has 2 heterocycles. The third-order valence-electron chi connectivity index (χ3n) is 5.77. The highest BCUT2D eigenvalue weighted by molar-refractivity contribution is 5.79. The third-order valence-corrected chi connectivity index (χ3v) is 5.77. The van der Waals surface area contributed by atoms with Gasteiger partial charge in [0.05, 0.1) is 5.69 Å². The van der Waals surface area contributed by atoms with Crippen LogP contribution in [-0.2, 0) is 19.6 Å². The number of guanidine groups is 1. The highest BCUT2D eigenvalue weighted by Gasteiger charge is 2.11. The summed E-state index contributed by atoms with van der Waals surface area (Å²) in [6.07, 6.45) is 4.07. The first-order chi connectivity index (χ1) is 14.5. The van der Waals surface area contributed by atoms with Gasteiger partial charge in [0.2, 0.25) is 0 Å². The lowest BCUT2D eigenvalue weighted by Gasteiger charge is -2.26. The summed E-state index contributed by atoms with van der Waals surface area (Å²) in [6, 6.07) is 11.1. The number of hydrogen-bond acceptors (Lipinski definition) is 3. The van der Waals surface area contributed by atoms with Crippen molar-refractivity contribution in [1.82, 2.24) is 25.3 Å². The van der Waals surface area contributed by atoms with Crippen molar-refractivity contribution in [2.75, 3.05) is 26.7 Å². The maximum absolute atomic E-state index is 4.56. The van der Waals surface area contributed by atoms with Crippen LogP contribution in [0.3, 0.4) is 0 Å². The number of aryl methyl sites for hydroxylation is 2. The molecule has 6 heteroatoms. The van der Waals surface area contributed by atoms with Gasteiger partial charge in [-0.2, -0.15) is 5.10 Å². The first kappa shape index (κ1) is 22.3. The molecule has 1 atom stereocenters. The van der Waals surface area contributed by atoms with Gasteiger partial charge < -0.3 is 10.6 Å². The largest absolute Gasteiger partial charge is 0.356 e. The summed E-state index contributed by atoms with van der Waals surface area (Å²) in [5.74, 6) is 1.29. The van der Waals surface area contributed by atoms with Gasteiger partial charge in [-0.3, -0.25) is 14.6 Å². The molecule has 30 heavy (non-hydrogen) atoms. The Hall–Kier alpha value is -2.34. The van der Waals surface area contributed by atoms with E-state index in [4.69, 9.17) is 0 Å². The summed E-state index contributed by atoms with van der Waals surface area (Å²) in [4.78, 5) is 6.93. The topological polar surface area (TPSA) is 57.5 Å². The van der Waals surface area contributed by atoms with Crippen molar-refractivity contribution in [3.63, 3.8) is 0 Å². The number of benzene rings is 1. The van der Waals surface area contributed by atoms with Crippen molar-refractivity contribution in [1.29, 1.82) is 0 Å². The van der Waals surface area contributed by atoms with Crippen molar-refractivity contribution in [3.8, 4) is 0 Å². The maximum atomic E-state index is 4.56. The fourth-order valence-electron chi connectivity index (χ4n) is 4.04. The highest BCUT2D eigenvalue weighted by atomic mass is 15.3. The summed E-state index contributed by atoms with van der Waals surface area (Å²) in [6.45, 7) is 12.5. The average molecular weight is 411 g/mol. The second-order valence-corrected chi connectivity index (χ2v) is 8.67. The van der Waals surface area contributed by atoms with Crippen LogP contribution in [0, 0.1) is 19.8 Å². The smallest absolute Gasteiger partial charge is 0.191 e. The molecule has 164 valence electrons. The van der Waals surface area contributed by atoms with Crippen molar-refractivity contribution in [3.05, 3.63) is 52.8 Å². The van der Waals surface area contributed by atoms with Gasteiger partial charge in [-0.05, 0) is 62.9 Å². The fourth-order valence-corrected chi connectivity index (χ4v) is 4.04. The van der Waals surface area contributed by atoms with Crippen LogP contribution >= 0.6 is 0 Å². The summed E-state index contributed by atoms with van der Waals surface area (Å²) in [5.41, 5.74) is 4.97. The summed E-state index contributed by atoms with van der Waals surface area (Å²) in [7, 11) is 1.82. The lowest BCUT2D eigenvalue weighted by molar-refractivity contribution is 0.221. The number of aromatic nitrogens is 2. The molecule has 0 saturated carbocycles.